The average molecular weight is 294 g/mol. The summed E-state index contributed by atoms with van der Waals surface area (Å²) < 4.78 is 16.0. The topological polar surface area (TPSA) is 74.0 Å². The van der Waals surface area contributed by atoms with Crippen LogP contribution in [0.1, 0.15) is 24.2 Å². The third-order valence-electron chi connectivity index (χ3n) is 3.67. The molecule has 1 amide bonds. The van der Waals surface area contributed by atoms with Gasteiger partial charge in [-0.15, -0.1) is 0 Å². The van der Waals surface area contributed by atoms with Gasteiger partial charge < -0.3 is 24.8 Å². The van der Waals surface area contributed by atoms with Crippen molar-refractivity contribution in [3.8, 4) is 11.5 Å². The van der Waals surface area contributed by atoms with E-state index in [1.807, 2.05) is 13.8 Å². The lowest BCUT2D eigenvalue weighted by atomic mass is 10.1. The highest BCUT2D eigenvalue weighted by Gasteiger charge is 2.30. The first-order valence-electron chi connectivity index (χ1n) is 6.92. The Morgan fingerprint density at radius 3 is 2.67 bits per heavy atom. The van der Waals surface area contributed by atoms with Gasteiger partial charge in [0.2, 0.25) is 0 Å². The van der Waals surface area contributed by atoms with Crippen molar-refractivity contribution in [2.75, 3.05) is 33.1 Å². The number of rotatable bonds is 3. The minimum absolute atomic E-state index is 0.00490. The van der Waals surface area contributed by atoms with E-state index in [2.05, 4.69) is 0 Å². The molecule has 0 aromatic heterocycles. The fourth-order valence-electron chi connectivity index (χ4n) is 2.41. The van der Waals surface area contributed by atoms with Crippen molar-refractivity contribution in [3.05, 3.63) is 17.7 Å². The number of nitrogens with zero attached hydrogens (tertiary/aromatic N) is 1. The minimum atomic E-state index is -0.132. The molecule has 6 heteroatoms. The lowest BCUT2D eigenvalue weighted by Crippen LogP contribution is -2.50. The van der Waals surface area contributed by atoms with Gasteiger partial charge in [-0.2, -0.15) is 0 Å². The molecule has 1 saturated heterocycles. The third-order valence-corrected chi connectivity index (χ3v) is 3.67. The van der Waals surface area contributed by atoms with Crippen molar-refractivity contribution < 1.29 is 19.0 Å². The molecule has 0 radical (unpaired) electrons. The Labute approximate surface area is 124 Å². The number of methoxy groups -OCH3 is 2. The Kier molecular flexibility index (Phi) is 4.57. The lowest BCUT2D eigenvalue weighted by Gasteiger charge is -2.37. The molecule has 2 unspecified atom stereocenters. The first kappa shape index (κ1) is 15.4. The van der Waals surface area contributed by atoms with Crippen molar-refractivity contribution in [2.24, 2.45) is 0 Å². The van der Waals surface area contributed by atoms with E-state index in [0.717, 1.165) is 0 Å². The van der Waals surface area contributed by atoms with Crippen molar-refractivity contribution >= 4 is 11.6 Å². The maximum absolute atomic E-state index is 12.8. The van der Waals surface area contributed by atoms with Crippen LogP contribution < -0.4 is 15.2 Å². The van der Waals surface area contributed by atoms with Gasteiger partial charge in [0.15, 0.2) is 0 Å². The molecule has 1 aliphatic rings. The Morgan fingerprint density at radius 2 is 2.05 bits per heavy atom. The molecule has 0 bridgehead atoms. The maximum Gasteiger partial charge on any atom is 0.256 e. The highest BCUT2D eigenvalue weighted by atomic mass is 16.5. The van der Waals surface area contributed by atoms with Gasteiger partial charge in [-0.05, 0) is 19.9 Å². The quantitative estimate of drug-likeness (QED) is 0.856. The first-order valence-corrected chi connectivity index (χ1v) is 6.92. The van der Waals surface area contributed by atoms with E-state index < -0.39 is 0 Å². The fourth-order valence-corrected chi connectivity index (χ4v) is 2.41. The smallest absolute Gasteiger partial charge is 0.256 e. The average Bonchev–Trinajstić information content (AvgIpc) is 2.49. The molecule has 1 aromatic rings. The zero-order valence-electron chi connectivity index (χ0n) is 12.9. The summed E-state index contributed by atoms with van der Waals surface area (Å²) in [6.07, 6.45) is 0.0128. The van der Waals surface area contributed by atoms with Crippen LogP contribution in [0, 0.1) is 0 Å². The van der Waals surface area contributed by atoms with Crippen LogP contribution in [-0.2, 0) is 4.74 Å². The fraction of sp³-hybridized carbons (Fsp3) is 0.533. The summed E-state index contributed by atoms with van der Waals surface area (Å²) in [5, 5.41) is 0. The molecular formula is C15H22N2O4. The maximum atomic E-state index is 12.8. The van der Waals surface area contributed by atoms with Crippen LogP contribution >= 0.6 is 0 Å². The number of hydrogen-bond donors (Lipinski definition) is 1. The van der Waals surface area contributed by atoms with Crippen LogP contribution in [-0.4, -0.2) is 50.3 Å². The Bertz CT molecular complexity index is 533. The van der Waals surface area contributed by atoms with Crippen LogP contribution in [0.4, 0.5) is 5.69 Å². The van der Waals surface area contributed by atoms with Gasteiger partial charge in [-0.3, -0.25) is 4.79 Å². The number of carbonyl (C=O) groups excluding carboxylic acids is 1. The number of carbonyl (C=O) groups is 1. The minimum Gasteiger partial charge on any atom is -0.497 e. The number of morpholine rings is 1. The van der Waals surface area contributed by atoms with Crippen molar-refractivity contribution in [1.29, 1.82) is 0 Å². The van der Waals surface area contributed by atoms with Crippen LogP contribution in [0.25, 0.3) is 0 Å². The molecule has 0 spiro atoms. The molecule has 2 rings (SSSR count). The van der Waals surface area contributed by atoms with Crippen molar-refractivity contribution in [1.82, 2.24) is 4.90 Å². The lowest BCUT2D eigenvalue weighted by molar-refractivity contribution is -0.0386. The van der Waals surface area contributed by atoms with E-state index in [0.29, 0.717) is 35.9 Å². The van der Waals surface area contributed by atoms with Crippen LogP contribution in [0.15, 0.2) is 12.1 Å². The molecule has 1 fully saturated rings. The summed E-state index contributed by atoms with van der Waals surface area (Å²) in [6.45, 7) is 4.96. The third kappa shape index (κ3) is 3.05. The van der Waals surface area contributed by atoms with E-state index in [1.165, 1.54) is 7.11 Å². The normalized spacial score (nSPS) is 22.0. The van der Waals surface area contributed by atoms with Gasteiger partial charge in [0.05, 0.1) is 44.2 Å². The van der Waals surface area contributed by atoms with E-state index in [-0.39, 0.29) is 18.1 Å². The monoisotopic (exact) mass is 294 g/mol. The summed E-state index contributed by atoms with van der Waals surface area (Å²) in [7, 11) is 3.05. The summed E-state index contributed by atoms with van der Waals surface area (Å²) in [6, 6.07) is 3.31. The second-order valence-electron chi connectivity index (χ2n) is 5.24. The Hall–Kier alpha value is -1.95. The number of hydrogen-bond acceptors (Lipinski definition) is 5. The van der Waals surface area contributed by atoms with Crippen molar-refractivity contribution in [2.45, 2.75) is 26.0 Å². The molecule has 1 aliphatic heterocycles. The van der Waals surface area contributed by atoms with Gasteiger partial charge in [0.25, 0.3) is 5.91 Å². The number of nitrogen functional groups attached to an aromatic ring is 1. The van der Waals surface area contributed by atoms with E-state index >= 15 is 0 Å². The molecule has 6 nitrogen and oxygen atoms in total. The number of amides is 1. The predicted octanol–water partition coefficient (Wildman–Crippen LogP) is 1.54. The highest BCUT2D eigenvalue weighted by Crippen LogP contribution is 2.32. The summed E-state index contributed by atoms with van der Waals surface area (Å²) in [5.41, 5.74) is 6.77. The van der Waals surface area contributed by atoms with Gasteiger partial charge in [0.1, 0.15) is 11.5 Å². The Morgan fingerprint density at radius 1 is 1.33 bits per heavy atom. The van der Waals surface area contributed by atoms with Gasteiger partial charge in [-0.1, -0.05) is 0 Å². The molecule has 0 saturated carbocycles. The summed E-state index contributed by atoms with van der Waals surface area (Å²) in [5.74, 6) is 0.845. The molecular weight excluding hydrogens is 272 g/mol. The van der Waals surface area contributed by atoms with Crippen LogP contribution in [0.5, 0.6) is 11.5 Å². The first-order chi connectivity index (χ1) is 9.97. The number of ether oxygens (including phenoxy) is 3. The van der Waals surface area contributed by atoms with E-state index in [4.69, 9.17) is 19.9 Å². The predicted molar refractivity (Wildman–Crippen MR) is 79.9 cm³/mol. The largest absolute Gasteiger partial charge is 0.497 e. The molecule has 2 atom stereocenters. The van der Waals surface area contributed by atoms with Gasteiger partial charge >= 0.3 is 0 Å². The van der Waals surface area contributed by atoms with Crippen molar-refractivity contribution in [3.63, 3.8) is 0 Å². The molecule has 116 valence electrons. The zero-order valence-corrected chi connectivity index (χ0v) is 12.9. The van der Waals surface area contributed by atoms with Gasteiger partial charge in [-0.25, -0.2) is 0 Å². The molecule has 1 aromatic carbocycles. The number of nitrogens with two attached hydrogens (primary N) is 1. The summed E-state index contributed by atoms with van der Waals surface area (Å²) >= 11 is 0. The second-order valence-corrected chi connectivity index (χ2v) is 5.24. The molecule has 0 aliphatic carbocycles. The van der Waals surface area contributed by atoms with E-state index in [9.17, 15) is 4.79 Å². The van der Waals surface area contributed by atoms with Crippen LogP contribution in [0.3, 0.4) is 0 Å². The highest BCUT2D eigenvalue weighted by molar-refractivity contribution is 6.01. The number of benzene rings is 1. The molecule has 2 N–H and O–H groups in total. The standard InChI is InChI=1S/C15H22N2O4/c1-9-8-21-10(2)7-17(9)15(18)12-5-11(19-3)6-13(20-4)14(12)16/h5-6,9-10H,7-8,16H2,1-4H3. The zero-order chi connectivity index (χ0) is 15.6. The van der Waals surface area contributed by atoms with E-state index in [1.54, 1.807) is 24.1 Å². The Balaban J connectivity index is 2.37. The summed E-state index contributed by atoms with van der Waals surface area (Å²) in [4.78, 5) is 14.6. The SMILES string of the molecule is COc1cc(OC)c(N)c(C(=O)N2CC(C)OCC2C)c1. The van der Waals surface area contributed by atoms with Gasteiger partial charge in [0, 0.05) is 12.6 Å². The number of anilines is 1. The second kappa shape index (κ2) is 6.22. The van der Waals surface area contributed by atoms with Crippen LogP contribution in [0.2, 0.25) is 0 Å². The molecule has 21 heavy (non-hydrogen) atoms. The molecule has 1 heterocycles.